The van der Waals surface area contributed by atoms with E-state index in [2.05, 4.69) is 32.9 Å². The van der Waals surface area contributed by atoms with Gasteiger partial charge in [-0.15, -0.1) is 0 Å². The molecule has 10 heteroatoms. The van der Waals surface area contributed by atoms with Gasteiger partial charge in [0, 0.05) is 62.1 Å². The molecule has 1 atom stereocenters. The Morgan fingerprint density at radius 2 is 1.74 bits per heavy atom. The fourth-order valence-electron chi connectivity index (χ4n) is 6.18. The van der Waals surface area contributed by atoms with Crippen molar-refractivity contribution in [3.8, 4) is 11.5 Å². The maximum Gasteiger partial charge on any atom is 0.243 e. The topological polar surface area (TPSA) is 103 Å². The van der Waals surface area contributed by atoms with E-state index in [1.165, 1.54) is 10.6 Å². The van der Waals surface area contributed by atoms with Gasteiger partial charge in [-0.3, -0.25) is 4.98 Å². The average Bonchev–Trinajstić information content (AvgIpc) is 3.60. The van der Waals surface area contributed by atoms with Crippen LogP contribution in [-0.4, -0.2) is 65.9 Å². The minimum atomic E-state index is -3.72. The molecule has 2 saturated heterocycles. The van der Waals surface area contributed by atoms with E-state index >= 15 is 0 Å². The first-order valence-corrected chi connectivity index (χ1v) is 14.4. The normalized spacial score (nSPS) is 19.5. The number of sulfonamides is 1. The van der Waals surface area contributed by atoms with Crippen LogP contribution in [0.3, 0.4) is 0 Å². The van der Waals surface area contributed by atoms with Crippen molar-refractivity contribution in [3.63, 3.8) is 0 Å². The Balaban J connectivity index is 1.06. The van der Waals surface area contributed by atoms with Gasteiger partial charge in [-0.25, -0.2) is 13.4 Å². The van der Waals surface area contributed by atoms with Crippen LogP contribution in [0.15, 0.2) is 82.6 Å². The molecule has 7 rings (SSSR count). The number of nitrogens with zero attached hydrogens (tertiary/aromatic N) is 5. The fourth-order valence-corrected chi connectivity index (χ4v) is 7.58. The second-order valence-corrected chi connectivity index (χ2v) is 13.0. The van der Waals surface area contributed by atoms with Crippen molar-refractivity contribution in [2.75, 3.05) is 38.1 Å². The number of fused-ring (bicyclic) bond motifs is 1. The van der Waals surface area contributed by atoms with E-state index in [4.69, 9.17) is 4.42 Å². The van der Waals surface area contributed by atoms with Crippen molar-refractivity contribution in [1.82, 2.24) is 19.2 Å². The van der Waals surface area contributed by atoms with Crippen LogP contribution in [0.25, 0.3) is 11.5 Å². The summed E-state index contributed by atoms with van der Waals surface area (Å²) in [5, 5.41) is 11.2. The van der Waals surface area contributed by atoms with Gasteiger partial charge in [-0.1, -0.05) is 12.1 Å². The summed E-state index contributed by atoms with van der Waals surface area (Å²) < 4.78 is 33.5. The summed E-state index contributed by atoms with van der Waals surface area (Å²) in [5.74, 6) is 0.440. The molecule has 0 amide bonds. The van der Waals surface area contributed by atoms with Gasteiger partial charge >= 0.3 is 0 Å². The minimum Gasteiger partial charge on any atom is -0.445 e. The molecular formula is C29H29N5O4S. The molecule has 1 N–H and O–H groups in total. The highest BCUT2D eigenvalue weighted by molar-refractivity contribution is 7.89. The zero-order chi connectivity index (χ0) is 26.8. The van der Waals surface area contributed by atoms with Gasteiger partial charge in [0.05, 0.1) is 16.8 Å². The smallest absolute Gasteiger partial charge is 0.243 e. The first-order chi connectivity index (χ1) is 18.8. The number of rotatable bonds is 6. The summed E-state index contributed by atoms with van der Waals surface area (Å²) in [6.45, 7) is 4.84. The van der Waals surface area contributed by atoms with Gasteiger partial charge in [0.25, 0.3) is 0 Å². The van der Waals surface area contributed by atoms with Gasteiger partial charge < -0.3 is 19.3 Å². The van der Waals surface area contributed by atoms with E-state index < -0.39 is 16.1 Å². The van der Waals surface area contributed by atoms with E-state index in [0.717, 1.165) is 48.6 Å². The molecule has 200 valence electrons. The van der Waals surface area contributed by atoms with Crippen LogP contribution in [0.5, 0.6) is 0 Å². The highest BCUT2D eigenvalue weighted by atomic mass is 32.2. The third-order valence-corrected chi connectivity index (χ3v) is 9.87. The summed E-state index contributed by atoms with van der Waals surface area (Å²) in [6, 6.07) is 16.4. The molecule has 3 aliphatic heterocycles. The Kier molecular flexibility index (Phi) is 5.64. The van der Waals surface area contributed by atoms with Crippen LogP contribution in [0.1, 0.15) is 28.5 Å². The molecule has 4 aromatic rings. The third kappa shape index (κ3) is 4.24. The molecule has 0 radical (unpaired) electrons. The number of benzene rings is 2. The first-order valence-electron chi connectivity index (χ1n) is 13.0. The minimum absolute atomic E-state index is 0.206. The van der Waals surface area contributed by atoms with Crippen LogP contribution in [0.4, 0.5) is 5.69 Å². The standard InChI is InChI=1S/C29H29N5O4S/c1-32-16-29(17-32)18-33(19-29)24-4-2-3-21(11-24)27(35)26-12-22-14-34(15-23(22)13-31-26)39(36,37)25-7-5-20(6-8-25)28-30-9-10-38-28/h2-13,27,35H,14-19H2,1H3/t27-/m1/s1. The predicted octanol–water partition coefficient (Wildman–Crippen LogP) is 3.27. The molecule has 2 aromatic heterocycles. The number of aliphatic hydroxyl groups excluding tert-OH is 1. The van der Waals surface area contributed by atoms with Crippen molar-refractivity contribution >= 4 is 15.7 Å². The second-order valence-electron chi connectivity index (χ2n) is 11.0. The largest absolute Gasteiger partial charge is 0.445 e. The second kappa shape index (κ2) is 8.99. The van der Waals surface area contributed by atoms with Crippen LogP contribution in [0.2, 0.25) is 0 Å². The zero-order valence-corrected chi connectivity index (χ0v) is 22.4. The number of hydrogen-bond acceptors (Lipinski definition) is 8. The molecule has 2 aromatic carbocycles. The predicted molar refractivity (Wildman–Crippen MR) is 145 cm³/mol. The summed E-state index contributed by atoms with van der Waals surface area (Å²) in [4.78, 5) is 13.5. The summed E-state index contributed by atoms with van der Waals surface area (Å²) >= 11 is 0. The van der Waals surface area contributed by atoms with Gasteiger partial charge in [-0.2, -0.15) is 4.31 Å². The van der Waals surface area contributed by atoms with Crippen molar-refractivity contribution in [3.05, 3.63) is 95.6 Å². The van der Waals surface area contributed by atoms with E-state index in [1.54, 1.807) is 36.7 Å². The van der Waals surface area contributed by atoms with E-state index in [-0.39, 0.29) is 18.0 Å². The lowest BCUT2D eigenvalue weighted by molar-refractivity contribution is -0.00240. The molecule has 5 heterocycles. The van der Waals surface area contributed by atoms with Gasteiger partial charge in [-0.05, 0) is 66.2 Å². The lowest BCUT2D eigenvalue weighted by atomic mass is 9.73. The number of hydrogen-bond donors (Lipinski definition) is 1. The molecule has 2 fully saturated rings. The van der Waals surface area contributed by atoms with Crippen molar-refractivity contribution in [2.45, 2.75) is 24.1 Å². The molecular weight excluding hydrogens is 514 g/mol. The third-order valence-electron chi connectivity index (χ3n) is 8.06. The number of aliphatic hydroxyl groups is 1. The van der Waals surface area contributed by atoms with Crippen molar-refractivity contribution in [2.24, 2.45) is 5.41 Å². The van der Waals surface area contributed by atoms with Crippen LogP contribution in [-0.2, 0) is 23.1 Å². The quantitative estimate of drug-likeness (QED) is 0.395. The summed E-state index contributed by atoms with van der Waals surface area (Å²) in [6.07, 6.45) is 3.82. The van der Waals surface area contributed by atoms with E-state index in [9.17, 15) is 13.5 Å². The highest BCUT2D eigenvalue weighted by Crippen LogP contribution is 2.41. The fraction of sp³-hybridized carbons (Fsp3) is 0.310. The van der Waals surface area contributed by atoms with E-state index in [1.807, 2.05) is 24.3 Å². The monoisotopic (exact) mass is 543 g/mol. The number of aromatic nitrogens is 2. The van der Waals surface area contributed by atoms with Crippen LogP contribution >= 0.6 is 0 Å². The van der Waals surface area contributed by atoms with Crippen molar-refractivity contribution in [1.29, 1.82) is 0 Å². The summed E-state index contributed by atoms with van der Waals surface area (Å²) in [5.41, 5.74) is 5.24. The van der Waals surface area contributed by atoms with E-state index in [0.29, 0.717) is 22.6 Å². The Morgan fingerprint density at radius 1 is 0.974 bits per heavy atom. The molecule has 1 spiro atoms. The lowest BCUT2D eigenvalue weighted by Crippen LogP contribution is -2.71. The molecule has 0 saturated carbocycles. The first kappa shape index (κ1) is 24.5. The molecule has 0 aliphatic carbocycles. The summed E-state index contributed by atoms with van der Waals surface area (Å²) in [7, 11) is -1.56. The number of oxazole rings is 1. The van der Waals surface area contributed by atoms with Crippen LogP contribution in [0, 0.1) is 5.41 Å². The number of pyridine rings is 1. The Labute approximate surface area is 227 Å². The molecule has 0 unspecified atom stereocenters. The zero-order valence-electron chi connectivity index (χ0n) is 21.6. The average molecular weight is 544 g/mol. The molecule has 0 bridgehead atoms. The van der Waals surface area contributed by atoms with Gasteiger partial charge in [0.1, 0.15) is 12.4 Å². The number of likely N-dealkylation sites (tertiary alicyclic amines) is 1. The molecule has 39 heavy (non-hydrogen) atoms. The Morgan fingerprint density at radius 3 is 2.46 bits per heavy atom. The Bertz CT molecular complexity index is 1620. The SMILES string of the molecule is CN1CC2(C1)CN(c1cccc([C@@H](O)c3cc4c(cn3)CN(S(=O)(=O)c3ccc(-c5ncco5)cc3)C4)c1)C2. The maximum atomic E-state index is 13.4. The Hall–Kier alpha value is -3.57. The molecule has 3 aliphatic rings. The van der Waals surface area contributed by atoms with Crippen LogP contribution < -0.4 is 4.90 Å². The van der Waals surface area contributed by atoms with Gasteiger partial charge in [0.15, 0.2) is 0 Å². The lowest BCUT2D eigenvalue weighted by Gasteiger charge is -2.60. The molecule has 9 nitrogen and oxygen atoms in total. The highest BCUT2D eigenvalue weighted by Gasteiger charge is 2.50. The van der Waals surface area contributed by atoms with Crippen molar-refractivity contribution < 1.29 is 17.9 Å². The van der Waals surface area contributed by atoms with Gasteiger partial charge in [0.2, 0.25) is 15.9 Å². The number of anilines is 1. The maximum absolute atomic E-state index is 13.4.